The number of para-hydroxylation sites is 2. The monoisotopic (exact) mass is 654 g/mol. The minimum atomic E-state index is -0.00595. The van der Waals surface area contributed by atoms with Gasteiger partial charge in [-0.2, -0.15) is 0 Å². The van der Waals surface area contributed by atoms with Crippen LogP contribution in [0.1, 0.15) is 46.6 Å². The van der Waals surface area contributed by atoms with E-state index < -0.39 is 0 Å². The highest BCUT2D eigenvalue weighted by Gasteiger charge is 2.24. The minimum absolute atomic E-state index is 0.00595. The number of rotatable bonds is 5. The van der Waals surface area contributed by atoms with E-state index in [9.17, 15) is 0 Å². The van der Waals surface area contributed by atoms with E-state index in [1.807, 2.05) is 30.6 Å². The Balaban J connectivity index is 1.22. The Labute approximate surface area is 291 Å². The first-order valence-corrected chi connectivity index (χ1v) is 17.3. The van der Waals surface area contributed by atoms with E-state index in [4.69, 9.17) is 19.1 Å². The summed E-state index contributed by atoms with van der Waals surface area (Å²) in [5.74, 6) is 3.52. The van der Waals surface area contributed by atoms with Crippen molar-refractivity contribution in [2.75, 3.05) is 0 Å². The van der Waals surface area contributed by atoms with E-state index in [0.717, 1.165) is 67.7 Å². The van der Waals surface area contributed by atoms with Gasteiger partial charge in [-0.1, -0.05) is 76.2 Å². The molecule has 1 aliphatic carbocycles. The van der Waals surface area contributed by atoms with Gasteiger partial charge in [0.25, 0.3) is 0 Å². The molecule has 0 aliphatic heterocycles. The zero-order valence-electron chi connectivity index (χ0n) is 28.9. The third kappa shape index (κ3) is 4.85. The van der Waals surface area contributed by atoms with Gasteiger partial charge in [0.05, 0.1) is 16.6 Å². The third-order valence-corrected chi connectivity index (χ3v) is 10.0. The molecule has 0 bridgehead atoms. The maximum atomic E-state index is 6.81. The second kappa shape index (κ2) is 11.3. The number of benzene rings is 4. The Kier molecular flexibility index (Phi) is 6.85. The molecule has 8 aromatic rings. The molecule has 50 heavy (non-hydrogen) atoms. The molecular weight excluding hydrogens is 617 g/mol. The predicted octanol–water partition coefficient (Wildman–Crippen LogP) is 11.9. The standard InChI is InChI=1S/C44H38N4O2/c1-27-11-10-12-28(2)41(27)47-22-21-46-43(47)36-25-31(24-35-34-14-7-9-16-39(34)50-42(35)36)49-30-17-18-33-32-13-6-8-15-37(32)48(38(33)26-30)40-23-29(19-20-45-40)44(3,4)5/h6-11,13-26,28H,12H2,1-5H3. The summed E-state index contributed by atoms with van der Waals surface area (Å²) in [6, 6.07) is 31.5. The molecule has 6 nitrogen and oxygen atoms in total. The summed E-state index contributed by atoms with van der Waals surface area (Å²) in [5, 5.41) is 4.35. The van der Waals surface area contributed by atoms with Crippen molar-refractivity contribution < 1.29 is 9.15 Å². The van der Waals surface area contributed by atoms with Crippen LogP contribution >= 0.6 is 0 Å². The number of fused-ring (bicyclic) bond motifs is 6. The molecule has 4 aromatic carbocycles. The summed E-state index contributed by atoms with van der Waals surface area (Å²) < 4.78 is 17.8. The molecule has 0 radical (unpaired) electrons. The molecule has 4 aromatic heterocycles. The normalized spacial score (nSPS) is 15.3. The van der Waals surface area contributed by atoms with Gasteiger partial charge in [-0.05, 0) is 78.4 Å². The molecule has 9 rings (SSSR count). The van der Waals surface area contributed by atoms with Crippen LogP contribution in [0, 0.1) is 5.92 Å². The highest BCUT2D eigenvalue weighted by atomic mass is 16.5. The number of hydrogen-bond donors (Lipinski definition) is 0. The van der Waals surface area contributed by atoms with Crippen molar-refractivity contribution in [3.05, 3.63) is 133 Å². The summed E-state index contributed by atoms with van der Waals surface area (Å²) in [7, 11) is 0. The smallest absolute Gasteiger partial charge is 0.148 e. The van der Waals surface area contributed by atoms with Crippen LogP contribution in [0.25, 0.3) is 66.6 Å². The van der Waals surface area contributed by atoms with Gasteiger partial charge in [0.2, 0.25) is 0 Å². The number of furan rings is 1. The van der Waals surface area contributed by atoms with Crippen LogP contribution in [-0.4, -0.2) is 19.1 Å². The lowest BCUT2D eigenvalue weighted by Crippen LogP contribution is -2.12. The van der Waals surface area contributed by atoms with Gasteiger partial charge in [0.1, 0.15) is 34.3 Å². The van der Waals surface area contributed by atoms with Gasteiger partial charge in [-0.3, -0.25) is 4.57 Å². The largest absolute Gasteiger partial charge is 0.457 e. The summed E-state index contributed by atoms with van der Waals surface area (Å²) in [6.07, 6.45) is 11.3. The summed E-state index contributed by atoms with van der Waals surface area (Å²) >= 11 is 0. The van der Waals surface area contributed by atoms with Crippen LogP contribution < -0.4 is 4.74 Å². The van der Waals surface area contributed by atoms with Crippen molar-refractivity contribution in [2.45, 2.75) is 46.5 Å². The van der Waals surface area contributed by atoms with Gasteiger partial charge in [-0.25, -0.2) is 9.97 Å². The van der Waals surface area contributed by atoms with Crippen LogP contribution in [0.15, 0.2) is 132 Å². The first kappa shape index (κ1) is 30.2. The van der Waals surface area contributed by atoms with Crippen molar-refractivity contribution in [3.63, 3.8) is 0 Å². The maximum absolute atomic E-state index is 6.81. The molecule has 0 spiro atoms. The second-order valence-corrected chi connectivity index (χ2v) is 14.5. The number of ether oxygens (including phenoxy) is 1. The molecule has 0 saturated heterocycles. The lowest BCUT2D eigenvalue weighted by Gasteiger charge is -2.23. The molecule has 0 N–H and O–H groups in total. The Morgan fingerprint density at radius 3 is 2.42 bits per heavy atom. The molecule has 246 valence electrons. The highest BCUT2D eigenvalue weighted by molar-refractivity contribution is 6.11. The molecule has 0 saturated carbocycles. The van der Waals surface area contributed by atoms with Gasteiger partial charge in [0.15, 0.2) is 0 Å². The average molecular weight is 655 g/mol. The molecule has 4 heterocycles. The van der Waals surface area contributed by atoms with E-state index in [1.54, 1.807) is 0 Å². The minimum Gasteiger partial charge on any atom is -0.457 e. The zero-order chi connectivity index (χ0) is 34.1. The lowest BCUT2D eigenvalue weighted by atomic mass is 9.88. The van der Waals surface area contributed by atoms with Crippen LogP contribution in [0.2, 0.25) is 0 Å². The van der Waals surface area contributed by atoms with Crippen molar-refractivity contribution in [1.29, 1.82) is 0 Å². The van der Waals surface area contributed by atoms with Gasteiger partial charge in [0, 0.05) is 57.8 Å². The number of pyridine rings is 1. The van der Waals surface area contributed by atoms with Gasteiger partial charge >= 0.3 is 0 Å². The summed E-state index contributed by atoms with van der Waals surface area (Å²) in [6.45, 7) is 11.1. The van der Waals surface area contributed by atoms with Crippen LogP contribution in [0.4, 0.5) is 0 Å². The van der Waals surface area contributed by atoms with Crippen LogP contribution in [-0.2, 0) is 5.41 Å². The Hall–Kier alpha value is -5.88. The van der Waals surface area contributed by atoms with Crippen molar-refractivity contribution in [3.8, 4) is 28.7 Å². The summed E-state index contributed by atoms with van der Waals surface area (Å²) in [4.78, 5) is 9.77. The lowest BCUT2D eigenvalue weighted by molar-refractivity contribution is 0.484. The van der Waals surface area contributed by atoms with Crippen LogP contribution in [0.3, 0.4) is 0 Å². The fourth-order valence-corrected chi connectivity index (χ4v) is 7.59. The Morgan fingerprint density at radius 2 is 1.58 bits per heavy atom. The first-order valence-electron chi connectivity index (χ1n) is 17.3. The van der Waals surface area contributed by atoms with Crippen molar-refractivity contribution in [2.24, 2.45) is 5.92 Å². The molecule has 1 aliphatic rings. The predicted molar refractivity (Wildman–Crippen MR) is 204 cm³/mol. The van der Waals surface area contributed by atoms with E-state index in [-0.39, 0.29) is 5.41 Å². The topological polar surface area (TPSA) is 58.0 Å². The van der Waals surface area contributed by atoms with Crippen molar-refractivity contribution in [1.82, 2.24) is 19.1 Å². The fourth-order valence-electron chi connectivity index (χ4n) is 7.59. The molecule has 1 atom stereocenters. The van der Waals surface area contributed by atoms with Gasteiger partial charge < -0.3 is 13.7 Å². The Bertz CT molecular complexity index is 2680. The van der Waals surface area contributed by atoms with E-state index in [2.05, 4.69) is 135 Å². The van der Waals surface area contributed by atoms with E-state index in [0.29, 0.717) is 11.7 Å². The highest BCUT2D eigenvalue weighted by Crippen LogP contribution is 2.42. The number of imidazole rings is 1. The molecule has 1 unspecified atom stereocenters. The zero-order valence-corrected chi connectivity index (χ0v) is 28.9. The van der Waals surface area contributed by atoms with E-state index >= 15 is 0 Å². The molecule has 0 amide bonds. The molecule has 6 heteroatoms. The molecule has 0 fully saturated rings. The van der Waals surface area contributed by atoms with Gasteiger partial charge in [-0.15, -0.1) is 0 Å². The van der Waals surface area contributed by atoms with Crippen LogP contribution in [0.5, 0.6) is 11.5 Å². The maximum Gasteiger partial charge on any atom is 0.148 e. The van der Waals surface area contributed by atoms with Crippen molar-refractivity contribution >= 4 is 49.4 Å². The number of allylic oxidation sites excluding steroid dienone is 4. The Morgan fingerprint density at radius 1 is 0.780 bits per heavy atom. The second-order valence-electron chi connectivity index (χ2n) is 14.5. The third-order valence-electron chi connectivity index (χ3n) is 10.0. The quantitative estimate of drug-likeness (QED) is 0.185. The number of nitrogens with zero attached hydrogens (tertiary/aromatic N) is 4. The first-order chi connectivity index (χ1) is 24.2. The van der Waals surface area contributed by atoms with E-state index in [1.165, 1.54) is 22.2 Å². The number of hydrogen-bond acceptors (Lipinski definition) is 4. The average Bonchev–Trinajstić information content (AvgIpc) is 3.82. The number of aromatic nitrogens is 4. The summed E-state index contributed by atoms with van der Waals surface area (Å²) in [5.41, 5.74) is 8.37. The fraction of sp³-hybridized carbons (Fsp3) is 0.182. The molecular formula is C44H38N4O2. The SMILES string of the molecule is CC1=C(n2ccnc2-c2cc(Oc3ccc4c5ccccc5n(-c5cc(C(C)(C)C)ccn5)c4c3)cc3c2oc2ccccc23)C(C)CC=C1.